The summed E-state index contributed by atoms with van der Waals surface area (Å²) in [7, 11) is 0. The first kappa shape index (κ1) is 12.7. The van der Waals surface area contributed by atoms with Crippen molar-refractivity contribution in [2.24, 2.45) is 0 Å². The first-order valence-electron chi connectivity index (χ1n) is 7.50. The molecule has 1 saturated heterocycles. The fourth-order valence-electron chi connectivity index (χ4n) is 2.92. The van der Waals surface area contributed by atoms with E-state index in [9.17, 15) is 0 Å². The maximum Gasteiger partial charge on any atom is 0.136 e. The second kappa shape index (κ2) is 4.66. The molecule has 3 rings (SSSR count). The Kier molecular flexibility index (Phi) is 3.11. The predicted molar refractivity (Wildman–Crippen MR) is 78.8 cm³/mol. The highest BCUT2D eigenvalue weighted by Gasteiger charge is 2.34. The van der Waals surface area contributed by atoms with E-state index in [2.05, 4.69) is 42.0 Å². The molecule has 1 aliphatic carbocycles. The van der Waals surface area contributed by atoms with E-state index in [1.165, 1.54) is 25.7 Å². The van der Waals surface area contributed by atoms with Crippen molar-refractivity contribution in [1.82, 2.24) is 9.97 Å². The minimum atomic E-state index is 0.221. The Labute approximate surface area is 115 Å². The molecule has 0 atom stereocenters. The zero-order valence-electron chi connectivity index (χ0n) is 12.2. The van der Waals surface area contributed by atoms with E-state index in [1.807, 2.05) is 0 Å². The van der Waals surface area contributed by atoms with E-state index >= 15 is 0 Å². The molecule has 0 radical (unpaired) electrons. The summed E-state index contributed by atoms with van der Waals surface area (Å²) in [5.41, 5.74) is 0.221. The number of anilines is 2. The average molecular weight is 260 g/mol. The monoisotopic (exact) mass is 260 g/mol. The van der Waals surface area contributed by atoms with Crippen molar-refractivity contribution in [2.45, 2.75) is 57.9 Å². The van der Waals surface area contributed by atoms with E-state index in [4.69, 9.17) is 4.98 Å². The number of hydrogen-bond donors (Lipinski definition) is 1. The van der Waals surface area contributed by atoms with E-state index in [-0.39, 0.29) is 5.54 Å². The molecule has 2 fully saturated rings. The van der Waals surface area contributed by atoms with Crippen LogP contribution in [-0.4, -0.2) is 28.6 Å². The van der Waals surface area contributed by atoms with Crippen LogP contribution in [0.2, 0.25) is 0 Å². The van der Waals surface area contributed by atoms with Gasteiger partial charge in [-0.25, -0.2) is 9.97 Å². The quantitative estimate of drug-likeness (QED) is 0.903. The molecule has 1 saturated carbocycles. The maximum absolute atomic E-state index is 4.83. The summed E-state index contributed by atoms with van der Waals surface area (Å²) in [4.78, 5) is 11.9. The summed E-state index contributed by atoms with van der Waals surface area (Å²) in [6.07, 6.45) is 5.00. The molecule has 4 nitrogen and oxygen atoms in total. The lowest BCUT2D eigenvalue weighted by atomic mass is 10.0. The van der Waals surface area contributed by atoms with Gasteiger partial charge in [0.15, 0.2) is 0 Å². The van der Waals surface area contributed by atoms with Crippen LogP contribution in [0, 0.1) is 0 Å². The van der Waals surface area contributed by atoms with Gasteiger partial charge in [0.05, 0.1) is 0 Å². The average Bonchev–Trinajstić information content (AvgIpc) is 3.14. The summed E-state index contributed by atoms with van der Waals surface area (Å²) < 4.78 is 0. The highest BCUT2D eigenvalue weighted by atomic mass is 15.3. The van der Waals surface area contributed by atoms with Gasteiger partial charge in [-0.05, 0) is 46.5 Å². The van der Waals surface area contributed by atoms with Crippen molar-refractivity contribution in [3.8, 4) is 0 Å². The van der Waals surface area contributed by atoms with Crippen LogP contribution in [0.15, 0.2) is 6.07 Å². The molecule has 104 valence electrons. The van der Waals surface area contributed by atoms with Gasteiger partial charge < -0.3 is 10.2 Å². The smallest absolute Gasteiger partial charge is 0.136 e. The summed E-state index contributed by atoms with van der Waals surface area (Å²) in [5, 5.41) is 3.34. The molecule has 0 amide bonds. The molecule has 0 aromatic carbocycles. The zero-order valence-corrected chi connectivity index (χ0v) is 12.2. The molecule has 0 bridgehead atoms. The van der Waals surface area contributed by atoms with Gasteiger partial charge in [-0.3, -0.25) is 0 Å². The standard InChI is InChI=1S/C15H24N4/c1-4-16-12-10-13(18-14(17-12)11-6-7-11)19-9-5-8-15(19,2)3/h10-11H,4-9H2,1-3H3,(H,16,17,18). The van der Waals surface area contributed by atoms with Crippen LogP contribution in [0.5, 0.6) is 0 Å². The third-order valence-corrected chi connectivity index (χ3v) is 4.21. The minimum Gasteiger partial charge on any atom is -0.370 e. The molecule has 1 aliphatic heterocycles. The Morgan fingerprint density at radius 2 is 2.16 bits per heavy atom. The van der Waals surface area contributed by atoms with Crippen LogP contribution >= 0.6 is 0 Å². The van der Waals surface area contributed by atoms with Crippen LogP contribution in [0.4, 0.5) is 11.6 Å². The fourth-order valence-corrected chi connectivity index (χ4v) is 2.92. The van der Waals surface area contributed by atoms with Gasteiger partial charge >= 0.3 is 0 Å². The first-order chi connectivity index (χ1) is 9.10. The Balaban J connectivity index is 1.95. The molecule has 19 heavy (non-hydrogen) atoms. The fraction of sp³-hybridized carbons (Fsp3) is 0.733. The maximum atomic E-state index is 4.83. The Bertz CT molecular complexity index is 465. The van der Waals surface area contributed by atoms with Crippen LogP contribution in [0.1, 0.15) is 58.2 Å². The van der Waals surface area contributed by atoms with Crippen molar-refractivity contribution >= 4 is 11.6 Å². The van der Waals surface area contributed by atoms with E-state index < -0.39 is 0 Å². The van der Waals surface area contributed by atoms with Crippen LogP contribution in [-0.2, 0) is 0 Å². The normalized spacial score (nSPS) is 21.7. The Morgan fingerprint density at radius 3 is 2.74 bits per heavy atom. The van der Waals surface area contributed by atoms with Gasteiger partial charge in [-0.1, -0.05) is 0 Å². The van der Waals surface area contributed by atoms with E-state index in [0.29, 0.717) is 5.92 Å². The highest BCUT2D eigenvalue weighted by Crippen LogP contribution is 2.40. The highest BCUT2D eigenvalue weighted by molar-refractivity contribution is 5.52. The van der Waals surface area contributed by atoms with Gasteiger partial charge in [0.25, 0.3) is 0 Å². The SMILES string of the molecule is CCNc1cc(N2CCCC2(C)C)nc(C2CC2)n1. The summed E-state index contributed by atoms with van der Waals surface area (Å²) in [5.74, 6) is 3.73. The Morgan fingerprint density at radius 1 is 1.37 bits per heavy atom. The second-order valence-electron chi connectivity index (χ2n) is 6.34. The van der Waals surface area contributed by atoms with Gasteiger partial charge in [-0.2, -0.15) is 0 Å². The topological polar surface area (TPSA) is 41.0 Å². The molecular weight excluding hydrogens is 236 g/mol. The third-order valence-electron chi connectivity index (χ3n) is 4.21. The lowest BCUT2D eigenvalue weighted by molar-refractivity contribution is 0.513. The van der Waals surface area contributed by atoms with Gasteiger partial charge in [0, 0.05) is 30.6 Å². The van der Waals surface area contributed by atoms with Crippen molar-refractivity contribution in [3.63, 3.8) is 0 Å². The summed E-state index contributed by atoms with van der Waals surface area (Å²) >= 11 is 0. The second-order valence-corrected chi connectivity index (χ2v) is 6.34. The zero-order chi connectivity index (χ0) is 13.5. The summed E-state index contributed by atoms with van der Waals surface area (Å²) in [6.45, 7) is 8.75. The van der Waals surface area contributed by atoms with Crippen LogP contribution < -0.4 is 10.2 Å². The van der Waals surface area contributed by atoms with E-state index in [0.717, 1.165) is 30.5 Å². The molecule has 1 N–H and O–H groups in total. The molecular formula is C15H24N4. The van der Waals surface area contributed by atoms with E-state index in [1.54, 1.807) is 0 Å². The molecule has 4 heteroatoms. The Hall–Kier alpha value is -1.32. The molecule has 2 aliphatic rings. The number of hydrogen-bond acceptors (Lipinski definition) is 4. The lowest BCUT2D eigenvalue weighted by Crippen LogP contribution is -2.38. The molecule has 1 aromatic heterocycles. The largest absolute Gasteiger partial charge is 0.370 e. The van der Waals surface area contributed by atoms with Crippen molar-refractivity contribution in [1.29, 1.82) is 0 Å². The van der Waals surface area contributed by atoms with Gasteiger partial charge in [-0.15, -0.1) is 0 Å². The van der Waals surface area contributed by atoms with Crippen LogP contribution in [0.3, 0.4) is 0 Å². The van der Waals surface area contributed by atoms with Crippen molar-refractivity contribution < 1.29 is 0 Å². The minimum absolute atomic E-state index is 0.221. The van der Waals surface area contributed by atoms with Crippen LogP contribution in [0.25, 0.3) is 0 Å². The van der Waals surface area contributed by atoms with Gasteiger partial charge in [0.1, 0.15) is 17.5 Å². The molecule has 2 heterocycles. The molecule has 1 aromatic rings. The molecule has 0 unspecified atom stereocenters. The van der Waals surface area contributed by atoms with Crippen molar-refractivity contribution in [3.05, 3.63) is 11.9 Å². The van der Waals surface area contributed by atoms with Gasteiger partial charge in [0.2, 0.25) is 0 Å². The molecule has 0 spiro atoms. The number of rotatable bonds is 4. The first-order valence-corrected chi connectivity index (χ1v) is 7.50. The number of nitrogens with one attached hydrogen (secondary N) is 1. The third kappa shape index (κ3) is 2.53. The predicted octanol–water partition coefficient (Wildman–Crippen LogP) is 3.16. The lowest BCUT2D eigenvalue weighted by Gasteiger charge is -2.33. The van der Waals surface area contributed by atoms with Crippen molar-refractivity contribution in [2.75, 3.05) is 23.3 Å². The number of nitrogens with zero attached hydrogens (tertiary/aromatic N) is 3. The summed E-state index contributed by atoms with van der Waals surface area (Å²) in [6, 6.07) is 2.11. The number of aromatic nitrogens is 2.